The molecule has 1 aliphatic rings. The minimum Gasteiger partial charge on any atom is -0.462 e. The van der Waals surface area contributed by atoms with Crippen LogP contribution in [0.5, 0.6) is 0 Å². The summed E-state index contributed by atoms with van der Waals surface area (Å²) in [5.41, 5.74) is 0. The van der Waals surface area contributed by atoms with Gasteiger partial charge in [0.25, 0.3) is 10.1 Å². The molecule has 4 N–H and O–H groups in total. The van der Waals surface area contributed by atoms with Gasteiger partial charge in [0.2, 0.25) is 0 Å². The number of aliphatic hydroxyl groups is 3. The predicted molar refractivity (Wildman–Crippen MR) is 229 cm³/mol. The Labute approximate surface area is 352 Å². The van der Waals surface area contributed by atoms with Gasteiger partial charge in [0, 0.05) is 12.8 Å². The van der Waals surface area contributed by atoms with Crippen molar-refractivity contribution < 1.29 is 56.8 Å². The fourth-order valence-corrected chi connectivity index (χ4v) is 7.89. The first-order valence-electron chi connectivity index (χ1n) is 23.2. The number of aliphatic hydroxyl groups excluding tert-OH is 3. The first kappa shape index (κ1) is 54.4. The number of carbonyl (C=O) groups is 2. The highest BCUT2D eigenvalue weighted by Crippen LogP contribution is 2.24. The maximum absolute atomic E-state index is 12.7. The van der Waals surface area contributed by atoms with Crippen LogP contribution >= 0.6 is 0 Å². The van der Waals surface area contributed by atoms with Crippen LogP contribution in [0.25, 0.3) is 0 Å². The van der Waals surface area contributed by atoms with Gasteiger partial charge in [-0.25, -0.2) is 0 Å². The molecule has 2 unspecified atom stereocenters. The molecule has 0 aliphatic carbocycles. The number of hydrogen-bond donors (Lipinski definition) is 4. The molecule has 0 bridgehead atoms. The number of esters is 2. The number of ether oxygens (including phenoxy) is 4. The lowest BCUT2D eigenvalue weighted by Gasteiger charge is -2.40. The molecule has 0 aromatic carbocycles. The van der Waals surface area contributed by atoms with Crippen LogP contribution in [-0.2, 0) is 38.7 Å². The molecule has 342 valence electrons. The van der Waals surface area contributed by atoms with Crippen LogP contribution in [0.3, 0.4) is 0 Å². The van der Waals surface area contributed by atoms with E-state index in [1.165, 1.54) is 128 Å². The summed E-state index contributed by atoms with van der Waals surface area (Å²) in [6, 6.07) is 0. The van der Waals surface area contributed by atoms with Crippen molar-refractivity contribution in [2.45, 2.75) is 243 Å². The molecular formula is C45H84O12S. The molecule has 0 radical (unpaired) electrons. The molecule has 0 saturated carbocycles. The third-order valence-corrected chi connectivity index (χ3v) is 11.6. The van der Waals surface area contributed by atoms with Gasteiger partial charge in [0.15, 0.2) is 12.4 Å². The minimum absolute atomic E-state index is 0.168. The van der Waals surface area contributed by atoms with Crippen LogP contribution < -0.4 is 0 Å². The SMILES string of the molecule is CCCCCCCC/C=C/CCCCCCCCCCCCCC(=O)OC[C@H](CO[C@H]1O[C@H](CS(=O)(=O)O)[C@@H](O)C(O)C1O)OC(=O)CCCCCCCCCCC. The highest BCUT2D eigenvalue weighted by atomic mass is 32.2. The topological polar surface area (TPSA) is 186 Å². The zero-order chi connectivity index (χ0) is 42.7. The van der Waals surface area contributed by atoms with Gasteiger partial charge < -0.3 is 34.3 Å². The highest BCUT2D eigenvalue weighted by molar-refractivity contribution is 7.85. The third kappa shape index (κ3) is 30.4. The molecule has 12 nitrogen and oxygen atoms in total. The summed E-state index contributed by atoms with van der Waals surface area (Å²) in [7, 11) is -4.60. The molecule has 1 fully saturated rings. The molecule has 0 amide bonds. The molecule has 1 rings (SSSR count). The average molecular weight is 849 g/mol. The van der Waals surface area contributed by atoms with Crippen LogP contribution in [0, 0.1) is 0 Å². The Hall–Kier alpha value is -1.61. The molecule has 1 saturated heterocycles. The third-order valence-electron chi connectivity index (χ3n) is 10.8. The molecule has 0 spiro atoms. The summed E-state index contributed by atoms with van der Waals surface area (Å²) < 4.78 is 54.0. The van der Waals surface area contributed by atoms with Gasteiger partial charge in [-0.05, 0) is 38.5 Å². The highest BCUT2D eigenvalue weighted by Gasteiger charge is 2.46. The number of allylic oxidation sites excluding steroid dienone is 2. The summed E-state index contributed by atoms with van der Waals surface area (Å²) in [4.78, 5) is 25.3. The van der Waals surface area contributed by atoms with Crippen molar-refractivity contribution in [1.82, 2.24) is 0 Å². The van der Waals surface area contributed by atoms with Crippen LogP contribution in [-0.4, -0.2) is 96.0 Å². The van der Waals surface area contributed by atoms with Crippen LogP contribution in [0.1, 0.15) is 206 Å². The van der Waals surface area contributed by atoms with E-state index < -0.39 is 71.2 Å². The van der Waals surface area contributed by atoms with Crippen molar-refractivity contribution >= 4 is 22.1 Å². The Morgan fingerprint density at radius 3 is 1.43 bits per heavy atom. The van der Waals surface area contributed by atoms with Gasteiger partial charge in [-0.1, -0.05) is 167 Å². The first-order valence-corrected chi connectivity index (χ1v) is 24.9. The van der Waals surface area contributed by atoms with E-state index in [0.29, 0.717) is 12.8 Å². The quantitative estimate of drug-likeness (QED) is 0.0199. The zero-order valence-corrected chi connectivity index (χ0v) is 37.2. The molecule has 58 heavy (non-hydrogen) atoms. The Morgan fingerprint density at radius 2 is 0.983 bits per heavy atom. The maximum Gasteiger partial charge on any atom is 0.306 e. The van der Waals surface area contributed by atoms with E-state index in [1.54, 1.807) is 0 Å². The molecule has 1 aliphatic heterocycles. The standard InChI is InChI=1S/C45H84O12S/c1-3-5-7-9-11-13-14-15-16-17-18-19-20-21-22-23-24-26-27-29-31-33-40(46)54-35-38(56-41(47)34-32-30-28-25-12-10-8-6-4-2)36-55-45-44(50)43(49)42(48)39(57-45)37-58(51,52)53/h15-16,38-39,42-45,48-50H,3-14,17-37H2,1-2H3,(H,51,52,53)/b16-15+/t38-,39-,42-,43?,44?,45+/m1/s1. The van der Waals surface area contributed by atoms with Gasteiger partial charge in [-0.2, -0.15) is 8.42 Å². The molecule has 0 aromatic rings. The normalized spacial score (nSPS) is 20.4. The van der Waals surface area contributed by atoms with Gasteiger partial charge >= 0.3 is 11.9 Å². The second kappa shape index (κ2) is 36.1. The van der Waals surface area contributed by atoms with Crippen molar-refractivity contribution in [3.63, 3.8) is 0 Å². The van der Waals surface area contributed by atoms with E-state index in [2.05, 4.69) is 26.0 Å². The Morgan fingerprint density at radius 1 is 0.569 bits per heavy atom. The van der Waals surface area contributed by atoms with Crippen LogP contribution in [0.15, 0.2) is 12.2 Å². The lowest BCUT2D eigenvalue weighted by atomic mass is 10.00. The molecule has 1 heterocycles. The fraction of sp³-hybridized carbons (Fsp3) is 0.911. The van der Waals surface area contributed by atoms with Crippen LogP contribution in [0.4, 0.5) is 0 Å². The first-order chi connectivity index (χ1) is 28.0. The Kier molecular flexibility index (Phi) is 33.8. The van der Waals surface area contributed by atoms with Crippen molar-refractivity contribution in [2.75, 3.05) is 19.0 Å². The van der Waals surface area contributed by atoms with Gasteiger partial charge in [0.05, 0.1) is 6.61 Å². The van der Waals surface area contributed by atoms with Crippen molar-refractivity contribution in [1.29, 1.82) is 0 Å². The summed E-state index contributed by atoms with van der Waals surface area (Å²) >= 11 is 0. The van der Waals surface area contributed by atoms with Gasteiger partial charge in [-0.3, -0.25) is 14.1 Å². The van der Waals surface area contributed by atoms with E-state index in [-0.39, 0.29) is 19.4 Å². The Balaban J connectivity index is 2.33. The smallest absolute Gasteiger partial charge is 0.306 e. The van der Waals surface area contributed by atoms with Crippen molar-refractivity contribution in [3.05, 3.63) is 12.2 Å². The minimum atomic E-state index is -4.60. The van der Waals surface area contributed by atoms with Gasteiger partial charge in [-0.15, -0.1) is 0 Å². The molecule has 13 heteroatoms. The molecule has 6 atom stereocenters. The average Bonchev–Trinajstić information content (AvgIpc) is 3.18. The number of hydrogen-bond acceptors (Lipinski definition) is 11. The Bertz CT molecular complexity index is 1130. The summed E-state index contributed by atoms with van der Waals surface area (Å²) in [5.74, 6) is -1.97. The fourth-order valence-electron chi connectivity index (χ4n) is 7.20. The number of carbonyl (C=O) groups excluding carboxylic acids is 2. The van der Waals surface area contributed by atoms with E-state index in [1.807, 2.05) is 0 Å². The predicted octanol–water partition coefficient (Wildman–Crippen LogP) is 9.45. The summed E-state index contributed by atoms with van der Waals surface area (Å²) in [5, 5.41) is 30.8. The van der Waals surface area contributed by atoms with Crippen LogP contribution in [0.2, 0.25) is 0 Å². The summed E-state index contributed by atoms with van der Waals surface area (Å²) in [6.45, 7) is 3.74. The van der Waals surface area contributed by atoms with E-state index >= 15 is 0 Å². The second-order valence-corrected chi connectivity index (χ2v) is 17.9. The second-order valence-electron chi connectivity index (χ2n) is 16.4. The maximum atomic E-state index is 12.7. The number of unbranched alkanes of at least 4 members (excludes halogenated alkanes) is 25. The van der Waals surface area contributed by atoms with E-state index in [4.69, 9.17) is 18.9 Å². The molecule has 0 aromatic heterocycles. The largest absolute Gasteiger partial charge is 0.462 e. The van der Waals surface area contributed by atoms with Crippen molar-refractivity contribution in [2.24, 2.45) is 0 Å². The number of rotatable bonds is 39. The van der Waals surface area contributed by atoms with E-state index in [0.717, 1.165) is 38.5 Å². The monoisotopic (exact) mass is 849 g/mol. The zero-order valence-electron chi connectivity index (χ0n) is 36.4. The van der Waals surface area contributed by atoms with E-state index in [9.17, 15) is 37.9 Å². The lowest BCUT2D eigenvalue weighted by molar-refractivity contribution is -0.297. The van der Waals surface area contributed by atoms with Gasteiger partial charge in [0.1, 0.15) is 36.8 Å². The lowest BCUT2D eigenvalue weighted by Crippen LogP contribution is -2.60. The van der Waals surface area contributed by atoms with Crippen molar-refractivity contribution in [3.8, 4) is 0 Å². The summed E-state index contributed by atoms with van der Waals surface area (Å²) in [6.07, 6.45) is 28.5. The molecular weight excluding hydrogens is 765 g/mol.